The predicted octanol–water partition coefficient (Wildman–Crippen LogP) is -0.687. The number of nitrogens with two attached hydrogens (primary N) is 1. The molecule has 2 aliphatic carbocycles. The van der Waals surface area contributed by atoms with Crippen LogP contribution >= 0.6 is 0 Å². The normalized spacial score (nSPS) is 35.5. The summed E-state index contributed by atoms with van der Waals surface area (Å²) in [7, 11) is 0. The molecule has 116 valence electrons. The van der Waals surface area contributed by atoms with Crippen LogP contribution in [0.2, 0.25) is 0 Å². The molecule has 8 nitrogen and oxygen atoms in total. The Morgan fingerprint density at radius 2 is 2.09 bits per heavy atom. The van der Waals surface area contributed by atoms with Crippen molar-refractivity contribution in [1.82, 2.24) is 10.3 Å². The Morgan fingerprint density at radius 1 is 1.36 bits per heavy atom. The number of hydrogen-bond donors (Lipinski definition) is 4. The minimum absolute atomic E-state index is 0.0213. The van der Waals surface area contributed by atoms with Crippen LogP contribution in [0.4, 0.5) is 0 Å². The van der Waals surface area contributed by atoms with Crippen LogP contribution < -0.4 is 11.1 Å². The van der Waals surface area contributed by atoms with Crippen LogP contribution in [0, 0.1) is 17.8 Å². The molecule has 3 rings (SSSR count). The lowest BCUT2D eigenvalue weighted by Gasteiger charge is -2.25. The first kappa shape index (κ1) is 14.5. The number of nitrogens with zero attached hydrogens (tertiary/aromatic N) is 1. The number of nitrogens with one attached hydrogen (secondary N) is 1. The number of hydrogen-bond acceptors (Lipinski definition) is 5. The molecular formula is C14H15N3O5. The van der Waals surface area contributed by atoms with Crippen molar-refractivity contribution in [2.75, 3.05) is 0 Å². The Bertz CT molecular complexity index is 649. The summed E-state index contributed by atoms with van der Waals surface area (Å²) in [6, 6.07) is 2.61. The number of amides is 1. The molecule has 2 saturated carbocycles. The summed E-state index contributed by atoms with van der Waals surface area (Å²) in [6.07, 6.45) is 2.93. The molecule has 0 spiro atoms. The first-order valence-corrected chi connectivity index (χ1v) is 6.82. The molecule has 0 bridgehead atoms. The highest BCUT2D eigenvalue weighted by Crippen LogP contribution is 2.61. The van der Waals surface area contributed by atoms with Gasteiger partial charge in [0.1, 0.15) is 5.54 Å². The summed E-state index contributed by atoms with van der Waals surface area (Å²) in [5, 5.41) is 21.2. The number of carbonyl (C=O) groups excluding carboxylic acids is 1. The first-order chi connectivity index (χ1) is 10.4. The van der Waals surface area contributed by atoms with E-state index < -0.39 is 47.2 Å². The zero-order valence-corrected chi connectivity index (χ0v) is 11.5. The van der Waals surface area contributed by atoms with Gasteiger partial charge in [0, 0.05) is 24.4 Å². The summed E-state index contributed by atoms with van der Waals surface area (Å²) < 4.78 is 0. The highest BCUT2D eigenvalue weighted by molar-refractivity contribution is 5.94. The number of carboxylic acid groups (broad SMARTS) is 2. The molecular weight excluding hydrogens is 290 g/mol. The lowest BCUT2D eigenvalue weighted by molar-refractivity contribution is -0.145. The molecule has 8 heteroatoms. The fraction of sp³-hybridized carbons (Fsp3) is 0.429. The van der Waals surface area contributed by atoms with Crippen LogP contribution in [-0.4, -0.2) is 44.6 Å². The van der Waals surface area contributed by atoms with Gasteiger partial charge in [0.2, 0.25) is 0 Å². The lowest BCUT2D eigenvalue weighted by Crippen LogP contribution is -2.52. The van der Waals surface area contributed by atoms with Crippen molar-refractivity contribution in [2.45, 2.75) is 18.0 Å². The number of pyridine rings is 1. The van der Waals surface area contributed by atoms with Gasteiger partial charge in [-0.1, -0.05) is 0 Å². The fourth-order valence-corrected chi connectivity index (χ4v) is 3.58. The third kappa shape index (κ3) is 2.03. The van der Waals surface area contributed by atoms with E-state index in [4.69, 9.17) is 5.73 Å². The van der Waals surface area contributed by atoms with Crippen molar-refractivity contribution in [2.24, 2.45) is 23.5 Å². The summed E-state index contributed by atoms with van der Waals surface area (Å²) in [5.74, 6) is -4.65. The van der Waals surface area contributed by atoms with E-state index in [1.165, 1.54) is 12.4 Å². The van der Waals surface area contributed by atoms with Gasteiger partial charge in [0.25, 0.3) is 5.91 Å². The van der Waals surface area contributed by atoms with Crippen molar-refractivity contribution in [1.29, 1.82) is 0 Å². The third-order valence-electron chi connectivity index (χ3n) is 4.62. The molecule has 0 saturated heterocycles. The third-order valence-corrected chi connectivity index (χ3v) is 4.62. The monoisotopic (exact) mass is 305 g/mol. The first-order valence-electron chi connectivity index (χ1n) is 6.82. The van der Waals surface area contributed by atoms with Crippen molar-refractivity contribution in [3.05, 3.63) is 30.1 Å². The van der Waals surface area contributed by atoms with Crippen molar-refractivity contribution >= 4 is 17.8 Å². The second kappa shape index (κ2) is 4.77. The average Bonchev–Trinajstić information content (AvgIpc) is 3.17. The molecule has 0 aromatic carbocycles. The molecule has 0 unspecified atom stereocenters. The largest absolute Gasteiger partial charge is 0.481 e. The van der Waals surface area contributed by atoms with Crippen LogP contribution in [0.1, 0.15) is 16.8 Å². The second-order valence-electron chi connectivity index (χ2n) is 5.84. The maximum atomic E-state index is 12.1. The van der Waals surface area contributed by atoms with E-state index in [2.05, 4.69) is 10.3 Å². The highest BCUT2D eigenvalue weighted by Gasteiger charge is 2.74. The van der Waals surface area contributed by atoms with E-state index in [1.807, 2.05) is 0 Å². The Balaban J connectivity index is 1.79. The minimum Gasteiger partial charge on any atom is -0.481 e. The Kier molecular flexibility index (Phi) is 3.13. The van der Waals surface area contributed by atoms with Crippen LogP contribution in [0.25, 0.3) is 0 Å². The van der Waals surface area contributed by atoms with Gasteiger partial charge in [0.05, 0.1) is 11.5 Å². The van der Waals surface area contributed by atoms with Gasteiger partial charge < -0.3 is 21.3 Å². The Hall–Kier alpha value is -2.48. The van der Waals surface area contributed by atoms with E-state index >= 15 is 0 Å². The fourth-order valence-electron chi connectivity index (χ4n) is 3.58. The average molecular weight is 305 g/mol. The quantitative estimate of drug-likeness (QED) is 0.576. The van der Waals surface area contributed by atoms with Crippen molar-refractivity contribution < 1.29 is 24.6 Å². The molecule has 1 amide bonds. The highest BCUT2D eigenvalue weighted by atomic mass is 16.4. The number of carbonyl (C=O) groups is 3. The SMILES string of the molecule is N[C@@]1(C(=O)O)C[C@H](NC(=O)c2cccnc2)[C@H]2[C@H](C(=O)O)[C@H]21. The van der Waals surface area contributed by atoms with Gasteiger partial charge in [-0.05, 0) is 24.5 Å². The Morgan fingerprint density at radius 3 is 2.64 bits per heavy atom. The predicted molar refractivity (Wildman–Crippen MR) is 72.8 cm³/mol. The van der Waals surface area contributed by atoms with Gasteiger partial charge >= 0.3 is 11.9 Å². The molecule has 2 fully saturated rings. The van der Waals surface area contributed by atoms with E-state index in [9.17, 15) is 24.6 Å². The maximum absolute atomic E-state index is 12.1. The van der Waals surface area contributed by atoms with Gasteiger partial charge in [-0.2, -0.15) is 0 Å². The molecule has 0 aliphatic heterocycles. The molecule has 5 atom stereocenters. The van der Waals surface area contributed by atoms with Crippen molar-refractivity contribution in [3.8, 4) is 0 Å². The minimum atomic E-state index is -1.61. The number of aliphatic carboxylic acids is 2. The van der Waals surface area contributed by atoms with Crippen LogP contribution in [0.3, 0.4) is 0 Å². The molecule has 0 radical (unpaired) electrons. The summed E-state index contributed by atoms with van der Waals surface area (Å²) in [4.78, 5) is 38.6. The molecule has 1 heterocycles. The van der Waals surface area contributed by atoms with Crippen molar-refractivity contribution in [3.63, 3.8) is 0 Å². The lowest BCUT2D eigenvalue weighted by atomic mass is 9.90. The zero-order valence-electron chi connectivity index (χ0n) is 11.5. The number of carboxylic acids is 2. The van der Waals surface area contributed by atoms with Gasteiger partial charge in [0.15, 0.2) is 0 Å². The Labute approximate surface area is 125 Å². The number of fused-ring (bicyclic) bond motifs is 1. The second-order valence-corrected chi connectivity index (χ2v) is 5.84. The number of aromatic nitrogens is 1. The molecule has 1 aromatic heterocycles. The van der Waals surface area contributed by atoms with Gasteiger partial charge in [-0.3, -0.25) is 19.4 Å². The van der Waals surface area contributed by atoms with Gasteiger partial charge in [-0.25, -0.2) is 0 Å². The smallest absolute Gasteiger partial charge is 0.324 e. The topological polar surface area (TPSA) is 143 Å². The van der Waals surface area contributed by atoms with Crippen LogP contribution in [-0.2, 0) is 9.59 Å². The van der Waals surface area contributed by atoms with E-state index in [0.717, 1.165) is 0 Å². The standard InChI is InChI=1S/C14H15N3O5/c15-14(13(21)22)4-7(8-9(10(8)14)12(19)20)17-11(18)6-2-1-3-16-5-6/h1-3,5,7-10H,4,15H2,(H,17,18)(H,19,20)(H,21,22)/t7-,8-,9-,10-,14-/m0/s1. The summed E-state index contributed by atoms with van der Waals surface area (Å²) in [6.45, 7) is 0. The van der Waals surface area contributed by atoms with E-state index in [1.54, 1.807) is 12.1 Å². The molecule has 5 N–H and O–H groups in total. The molecule has 22 heavy (non-hydrogen) atoms. The number of rotatable bonds is 4. The maximum Gasteiger partial charge on any atom is 0.324 e. The van der Waals surface area contributed by atoms with Gasteiger partial charge in [-0.15, -0.1) is 0 Å². The van der Waals surface area contributed by atoms with E-state index in [-0.39, 0.29) is 6.42 Å². The van der Waals surface area contributed by atoms with Crippen LogP contribution in [0.5, 0.6) is 0 Å². The molecule has 1 aromatic rings. The summed E-state index contributed by atoms with van der Waals surface area (Å²) in [5.41, 5.74) is 4.61. The van der Waals surface area contributed by atoms with Crippen LogP contribution in [0.15, 0.2) is 24.5 Å². The van der Waals surface area contributed by atoms with E-state index in [0.29, 0.717) is 5.56 Å². The summed E-state index contributed by atoms with van der Waals surface area (Å²) >= 11 is 0. The zero-order chi connectivity index (χ0) is 16.1. The molecule has 2 aliphatic rings.